The first-order valence-corrected chi connectivity index (χ1v) is 13.5. The van der Waals surface area contributed by atoms with Crippen LogP contribution in [-0.4, -0.2) is 35.7 Å². The maximum Gasteiger partial charge on any atom is 0.266 e. The lowest BCUT2D eigenvalue weighted by Gasteiger charge is -2.30. The van der Waals surface area contributed by atoms with Crippen LogP contribution in [0.2, 0.25) is 0 Å². The number of aliphatic hydroxyl groups is 1. The topological polar surface area (TPSA) is 155 Å². The second-order valence-corrected chi connectivity index (χ2v) is 9.75. The first-order valence-electron chi connectivity index (χ1n) is 13.5. The molecule has 4 aromatic carbocycles. The van der Waals surface area contributed by atoms with E-state index < -0.39 is 17.6 Å². The third-order valence-corrected chi connectivity index (χ3v) is 7.09. The van der Waals surface area contributed by atoms with Crippen LogP contribution in [0.3, 0.4) is 0 Å². The van der Waals surface area contributed by atoms with E-state index in [1.54, 1.807) is 48.5 Å². The molecule has 5 rings (SSSR count). The number of aliphatic imine (C=N–C) groups is 1. The molecule has 0 radical (unpaired) electrons. The van der Waals surface area contributed by atoms with Crippen molar-refractivity contribution in [1.82, 2.24) is 5.43 Å². The van der Waals surface area contributed by atoms with Crippen LogP contribution >= 0.6 is 0 Å². The summed E-state index contributed by atoms with van der Waals surface area (Å²) in [5.41, 5.74) is 14.4. The Labute approximate surface area is 243 Å². The highest BCUT2D eigenvalue weighted by Crippen LogP contribution is 2.44. The van der Waals surface area contributed by atoms with Crippen LogP contribution < -0.4 is 16.0 Å². The molecule has 1 amide bonds. The van der Waals surface area contributed by atoms with E-state index >= 15 is 0 Å². The summed E-state index contributed by atoms with van der Waals surface area (Å²) >= 11 is 0. The summed E-state index contributed by atoms with van der Waals surface area (Å²) in [6.45, 7) is 0.434. The van der Waals surface area contributed by atoms with Crippen molar-refractivity contribution in [3.8, 4) is 16.9 Å². The van der Waals surface area contributed by atoms with E-state index in [1.807, 2.05) is 54.6 Å². The van der Waals surface area contributed by atoms with Gasteiger partial charge in [-0.25, -0.2) is 10.8 Å². The molecule has 1 aliphatic heterocycles. The maximum absolute atomic E-state index is 13.7. The molecule has 0 aliphatic carbocycles. The van der Waals surface area contributed by atoms with E-state index in [2.05, 4.69) is 15.5 Å². The Morgan fingerprint density at radius 1 is 0.976 bits per heavy atom. The molecule has 0 saturated heterocycles. The first-order chi connectivity index (χ1) is 20.6. The summed E-state index contributed by atoms with van der Waals surface area (Å²) in [5, 5.41) is 12.8. The van der Waals surface area contributed by atoms with Crippen molar-refractivity contribution in [2.24, 2.45) is 15.9 Å². The number of ether oxygens (including phenoxy) is 2. The van der Waals surface area contributed by atoms with E-state index in [-0.39, 0.29) is 18.9 Å². The molecule has 0 saturated carbocycles. The lowest BCUT2D eigenvalue weighted by atomic mass is 9.81. The van der Waals surface area contributed by atoms with Gasteiger partial charge in [-0.1, -0.05) is 84.0 Å². The zero-order valence-electron chi connectivity index (χ0n) is 22.8. The number of nitrogens with zero attached hydrogens (tertiary/aromatic N) is 4. The highest BCUT2D eigenvalue weighted by molar-refractivity contribution is 6.01. The van der Waals surface area contributed by atoms with Gasteiger partial charge >= 0.3 is 0 Å². The van der Waals surface area contributed by atoms with E-state index in [9.17, 15) is 4.79 Å². The second-order valence-electron chi connectivity index (χ2n) is 9.75. The quantitative estimate of drug-likeness (QED) is 0.0416. The standard InChI is InChI=1S/C32H30N6O4/c33-36-31(40)32(21-26-9-4-5-10-28(26)37-38-34)29(24-13-11-23(12-14-24)22-7-2-1-3-8-22)42-30(35-32)25-15-17-27(18-16-25)41-20-6-19-39/h1-5,7-18,29,39H,6,19-21,33H2,(H,36,40)/t29-,32-/m0/s1. The van der Waals surface area contributed by atoms with Crippen molar-refractivity contribution in [1.29, 1.82) is 0 Å². The minimum atomic E-state index is -1.52. The van der Waals surface area contributed by atoms with Gasteiger partial charge in [0.25, 0.3) is 5.91 Å². The minimum Gasteiger partial charge on any atom is -0.494 e. The van der Waals surface area contributed by atoms with Crippen molar-refractivity contribution in [2.45, 2.75) is 24.5 Å². The Bertz CT molecular complexity index is 1600. The van der Waals surface area contributed by atoms with Gasteiger partial charge in [0.05, 0.1) is 6.61 Å². The number of hydrogen-bond donors (Lipinski definition) is 3. The largest absolute Gasteiger partial charge is 0.494 e. The van der Waals surface area contributed by atoms with Crippen molar-refractivity contribution in [2.75, 3.05) is 13.2 Å². The molecule has 0 aromatic heterocycles. The smallest absolute Gasteiger partial charge is 0.266 e. The lowest BCUT2D eigenvalue weighted by Crippen LogP contribution is -2.52. The van der Waals surface area contributed by atoms with Crippen LogP contribution in [0, 0.1) is 0 Å². The highest BCUT2D eigenvalue weighted by atomic mass is 16.5. The number of carbonyl (C=O) groups is 1. The van der Waals surface area contributed by atoms with Crippen LogP contribution in [0.25, 0.3) is 21.6 Å². The third-order valence-electron chi connectivity index (χ3n) is 7.09. The second kappa shape index (κ2) is 13.0. The van der Waals surface area contributed by atoms with Gasteiger partial charge in [-0.15, -0.1) is 0 Å². The van der Waals surface area contributed by atoms with Gasteiger partial charge in [-0.2, -0.15) is 0 Å². The molecule has 0 fully saturated rings. The number of amides is 1. The van der Waals surface area contributed by atoms with Crippen LogP contribution in [0.5, 0.6) is 5.75 Å². The van der Waals surface area contributed by atoms with E-state index in [0.717, 1.165) is 16.7 Å². The predicted octanol–water partition coefficient (Wildman–Crippen LogP) is 5.55. The Balaban J connectivity index is 1.57. The number of nitrogens with one attached hydrogen (secondary N) is 1. The van der Waals surface area contributed by atoms with Gasteiger partial charge < -0.3 is 14.6 Å². The average molecular weight is 563 g/mol. The fourth-order valence-electron chi connectivity index (χ4n) is 4.98. The molecule has 4 aromatic rings. The number of hydrazine groups is 1. The lowest BCUT2D eigenvalue weighted by molar-refractivity contribution is -0.129. The third kappa shape index (κ3) is 5.96. The molecular weight excluding hydrogens is 532 g/mol. The molecule has 1 aliphatic rings. The zero-order chi connectivity index (χ0) is 29.4. The van der Waals surface area contributed by atoms with Crippen molar-refractivity contribution in [3.63, 3.8) is 0 Å². The molecule has 0 unspecified atom stereocenters. The Hall–Kier alpha value is -5.15. The van der Waals surface area contributed by atoms with Crippen LogP contribution in [0.1, 0.15) is 29.2 Å². The molecule has 212 valence electrons. The molecule has 10 heteroatoms. The minimum absolute atomic E-state index is 0.0462. The van der Waals surface area contributed by atoms with E-state index in [0.29, 0.717) is 35.6 Å². The first kappa shape index (κ1) is 28.4. The summed E-state index contributed by atoms with van der Waals surface area (Å²) in [5.74, 6) is 6.10. The zero-order valence-corrected chi connectivity index (χ0v) is 22.8. The van der Waals surface area contributed by atoms with Gasteiger partial charge in [-0.05, 0) is 52.1 Å². The number of carbonyl (C=O) groups excluding carboxylic acids is 1. The number of azide groups is 1. The summed E-state index contributed by atoms with van der Waals surface area (Å²) in [7, 11) is 0. The molecule has 2 atom stereocenters. The predicted molar refractivity (Wildman–Crippen MR) is 160 cm³/mol. The molecule has 42 heavy (non-hydrogen) atoms. The monoisotopic (exact) mass is 562 g/mol. The Morgan fingerprint density at radius 2 is 1.64 bits per heavy atom. The summed E-state index contributed by atoms with van der Waals surface area (Å²) in [4.78, 5) is 21.5. The van der Waals surface area contributed by atoms with E-state index in [4.69, 9.17) is 30.9 Å². The van der Waals surface area contributed by atoms with Crippen molar-refractivity contribution >= 4 is 17.5 Å². The van der Waals surface area contributed by atoms with Gasteiger partial charge in [0.2, 0.25) is 5.90 Å². The Morgan fingerprint density at radius 3 is 2.33 bits per heavy atom. The normalized spacial score (nSPS) is 17.5. The fraction of sp³-hybridized carbons (Fsp3) is 0.188. The molecule has 1 heterocycles. The molecule has 0 bridgehead atoms. The number of nitrogens with two attached hydrogens (primary N) is 1. The summed E-state index contributed by atoms with van der Waals surface area (Å²) in [6, 6.07) is 31.9. The molecular formula is C32H30N6O4. The van der Waals surface area contributed by atoms with Crippen LogP contribution in [0.15, 0.2) is 113 Å². The molecule has 0 spiro atoms. The van der Waals surface area contributed by atoms with Gasteiger partial charge in [0.15, 0.2) is 11.6 Å². The van der Waals surface area contributed by atoms with Crippen LogP contribution in [0.4, 0.5) is 5.69 Å². The van der Waals surface area contributed by atoms with Crippen LogP contribution in [-0.2, 0) is 16.0 Å². The highest BCUT2D eigenvalue weighted by Gasteiger charge is 2.53. The SMILES string of the molecule is [N-]=[N+]=Nc1ccccc1C[C@]1(C(=O)NN)N=C(c2ccc(OCCCO)cc2)O[C@H]1c1ccc(-c2ccccc2)cc1. The molecule has 10 nitrogen and oxygen atoms in total. The number of aliphatic hydroxyl groups excluding tert-OH is 1. The number of rotatable bonds is 11. The fourth-order valence-corrected chi connectivity index (χ4v) is 4.98. The van der Waals surface area contributed by atoms with Gasteiger partial charge in [-0.3, -0.25) is 10.2 Å². The van der Waals surface area contributed by atoms with E-state index in [1.165, 1.54) is 0 Å². The summed E-state index contributed by atoms with van der Waals surface area (Å²) < 4.78 is 12.1. The average Bonchev–Trinajstić information content (AvgIpc) is 3.43. The summed E-state index contributed by atoms with van der Waals surface area (Å²) in [6.07, 6.45) is -0.265. The van der Waals surface area contributed by atoms with Gasteiger partial charge in [0.1, 0.15) is 5.75 Å². The number of hydrogen-bond acceptors (Lipinski definition) is 7. The number of benzene rings is 4. The van der Waals surface area contributed by atoms with Crippen molar-refractivity contribution in [3.05, 3.63) is 130 Å². The van der Waals surface area contributed by atoms with Gasteiger partial charge in [0, 0.05) is 35.6 Å². The molecule has 4 N–H and O–H groups in total. The Kier molecular flexibility index (Phi) is 8.79. The van der Waals surface area contributed by atoms with Crippen molar-refractivity contribution < 1.29 is 19.4 Å². The maximum atomic E-state index is 13.7.